The van der Waals surface area contributed by atoms with Gasteiger partial charge in [0.2, 0.25) is 0 Å². The minimum absolute atomic E-state index is 0.119. The molecule has 0 heterocycles. The van der Waals surface area contributed by atoms with Gasteiger partial charge in [0.25, 0.3) is 5.69 Å². The lowest BCUT2D eigenvalue weighted by Crippen LogP contribution is -2.21. The fourth-order valence-electron chi connectivity index (χ4n) is 1.98. The quantitative estimate of drug-likeness (QED) is 0.664. The molecule has 104 valence electrons. The maximum absolute atomic E-state index is 10.8. The molecular formula is C16H18N2O2. The van der Waals surface area contributed by atoms with Crippen molar-refractivity contribution in [3.8, 4) is 11.1 Å². The maximum Gasteiger partial charge on any atom is 0.270 e. The number of nitrogens with one attached hydrogen (secondary N) is 1. The molecule has 0 bridgehead atoms. The van der Waals surface area contributed by atoms with E-state index in [2.05, 4.69) is 31.3 Å². The third-order valence-corrected chi connectivity index (χ3v) is 3.03. The highest BCUT2D eigenvalue weighted by atomic mass is 16.6. The van der Waals surface area contributed by atoms with Crippen molar-refractivity contribution >= 4 is 5.69 Å². The Hall–Kier alpha value is -2.20. The average molecular weight is 270 g/mol. The monoisotopic (exact) mass is 270 g/mol. The fourth-order valence-corrected chi connectivity index (χ4v) is 1.98. The molecule has 0 aliphatic carbocycles. The number of nitro benzene ring substituents is 1. The summed E-state index contributed by atoms with van der Waals surface area (Å²) in [5.41, 5.74) is 3.15. The van der Waals surface area contributed by atoms with E-state index in [1.54, 1.807) is 12.1 Å². The summed E-state index contributed by atoms with van der Waals surface area (Å²) in [7, 11) is 0. The largest absolute Gasteiger partial charge is 0.310 e. The number of nitro groups is 1. The SMILES string of the molecule is CC(C)NCc1cccc(-c2cccc([N+](=O)[O-])c2)c1. The van der Waals surface area contributed by atoms with Crippen LogP contribution in [-0.4, -0.2) is 11.0 Å². The Labute approximate surface area is 118 Å². The predicted octanol–water partition coefficient (Wildman–Crippen LogP) is 3.76. The van der Waals surface area contributed by atoms with Crippen LogP contribution in [0.3, 0.4) is 0 Å². The third-order valence-electron chi connectivity index (χ3n) is 3.03. The molecule has 0 unspecified atom stereocenters. The molecule has 2 aromatic carbocycles. The van der Waals surface area contributed by atoms with Crippen molar-refractivity contribution in [3.63, 3.8) is 0 Å². The minimum atomic E-state index is -0.367. The zero-order valence-corrected chi connectivity index (χ0v) is 11.7. The number of nitrogens with zero attached hydrogens (tertiary/aromatic N) is 1. The van der Waals surface area contributed by atoms with Crippen molar-refractivity contribution in [2.45, 2.75) is 26.4 Å². The second-order valence-electron chi connectivity index (χ2n) is 5.04. The first kappa shape index (κ1) is 14.2. The van der Waals surface area contributed by atoms with E-state index in [1.807, 2.05) is 18.2 Å². The van der Waals surface area contributed by atoms with Crippen LogP contribution in [-0.2, 0) is 6.54 Å². The summed E-state index contributed by atoms with van der Waals surface area (Å²) in [6.45, 7) is 5.00. The Balaban J connectivity index is 2.26. The molecule has 0 aliphatic rings. The Kier molecular flexibility index (Phi) is 4.48. The predicted molar refractivity (Wildman–Crippen MR) is 80.5 cm³/mol. The number of rotatable bonds is 5. The molecule has 0 aliphatic heterocycles. The standard InChI is InChI=1S/C16H18N2O2/c1-12(2)17-11-13-5-3-6-14(9-13)15-7-4-8-16(10-15)18(19)20/h3-10,12,17H,11H2,1-2H3. The highest BCUT2D eigenvalue weighted by Crippen LogP contribution is 2.24. The molecule has 4 nitrogen and oxygen atoms in total. The molecule has 0 fully saturated rings. The maximum atomic E-state index is 10.8. The normalized spacial score (nSPS) is 10.8. The van der Waals surface area contributed by atoms with Gasteiger partial charge in [0.15, 0.2) is 0 Å². The van der Waals surface area contributed by atoms with Crippen LogP contribution in [0.2, 0.25) is 0 Å². The first-order chi connectivity index (χ1) is 9.56. The van der Waals surface area contributed by atoms with Crippen LogP contribution in [0.4, 0.5) is 5.69 Å². The van der Waals surface area contributed by atoms with Gasteiger partial charge in [-0.1, -0.05) is 44.2 Å². The van der Waals surface area contributed by atoms with Crippen LogP contribution in [0, 0.1) is 10.1 Å². The third kappa shape index (κ3) is 3.65. The van der Waals surface area contributed by atoms with E-state index in [0.29, 0.717) is 6.04 Å². The van der Waals surface area contributed by atoms with Crippen LogP contribution in [0.1, 0.15) is 19.4 Å². The molecule has 0 saturated carbocycles. The van der Waals surface area contributed by atoms with Crippen molar-refractivity contribution in [1.82, 2.24) is 5.32 Å². The molecule has 20 heavy (non-hydrogen) atoms. The lowest BCUT2D eigenvalue weighted by molar-refractivity contribution is -0.384. The summed E-state index contributed by atoms with van der Waals surface area (Å²) in [4.78, 5) is 10.5. The van der Waals surface area contributed by atoms with Gasteiger partial charge in [0.05, 0.1) is 4.92 Å². The van der Waals surface area contributed by atoms with Crippen molar-refractivity contribution in [3.05, 3.63) is 64.2 Å². The van der Waals surface area contributed by atoms with Gasteiger partial charge >= 0.3 is 0 Å². The number of hydrogen-bond acceptors (Lipinski definition) is 3. The summed E-state index contributed by atoms with van der Waals surface area (Å²) in [5, 5.41) is 14.2. The zero-order chi connectivity index (χ0) is 14.5. The van der Waals surface area contributed by atoms with E-state index in [4.69, 9.17) is 0 Å². The summed E-state index contributed by atoms with van der Waals surface area (Å²) >= 11 is 0. The zero-order valence-electron chi connectivity index (χ0n) is 11.7. The molecule has 0 saturated heterocycles. The van der Waals surface area contributed by atoms with Gasteiger partial charge in [-0.15, -0.1) is 0 Å². The summed E-state index contributed by atoms with van der Waals surface area (Å²) in [5.74, 6) is 0. The first-order valence-electron chi connectivity index (χ1n) is 6.63. The van der Waals surface area contributed by atoms with Crippen molar-refractivity contribution in [1.29, 1.82) is 0 Å². The molecular weight excluding hydrogens is 252 g/mol. The Bertz CT molecular complexity index is 609. The van der Waals surface area contributed by atoms with Crippen molar-refractivity contribution in [2.24, 2.45) is 0 Å². The second-order valence-corrected chi connectivity index (χ2v) is 5.04. The summed E-state index contributed by atoms with van der Waals surface area (Å²) in [6, 6.07) is 15.2. The van der Waals surface area contributed by atoms with Gasteiger partial charge in [0, 0.05) is 24.7 Å². The number of benzene rings is 2. The Morgan fingerprint density at radius 2 is 1.75 bits per heavy atom. The molecule has 0 spiro atoms. The highest BCUT2D eigenvalue weighted by Gasteiger charge is 2.07. The molecule has 2 rings (SSSR count). The minimum Gasteiger partial charge on any atom is -0.310 e. The lowest BCUT2D eigenvalue weighted by atomic mass is 10.0. The van der Waals surface area contributed by atoms with Gasteiger partial charge in [-0.2, -0.15) is 0 Å². The van der Waals surface area contributed by atoms with Crippen molar-refractivity contribution < 1.29 is 4.92 Å². The van der Waals surface area contributed by atoms with Gasteiger partial charge in [-0.25, -0.2) is 0 Å². The fraction of sp³-hybridized carbons (Fsp3) is 0.250. The highest BCUT2D eigenvalue weighted by molar-refractivity contribution is 5.66. The lowest BCUT2D eigenvalue weighted by Gasteiger charge is -2.09. The smallest absolute Gasteiger partial charge is 0.270 e. The van der Waals surface area contributed by atoms with E-state index in [0.717, 1.165) is 17.7 Å². The first-order valence-corrected chi connectivity index (χ1v) is 6.63. The van der Waals surface area contributed by atoms with Crippen molar-refractivity contribution in [2.75, 3.05) is 0 Å². The van der Waals surface area contributed by atoms with E-state index in [1.165, 1.54) is 11.6 Å². The molecule has 1 N–H and O–H groups in total. The number of hydrogen-bond donors (Lipinski definition) is 1. The molecule has 0 atom stereocenters. The average Bonchev–Trinajstić information content (AvgIpc) is 2.45. The van der Waals surface area contributed by atoms with Crippen LogP contribution < -0.4 is 5.32 Å². The van der Waals surface area contributed by atoms with E-state index in [-0.39, 0.29) is 10.6 Å². The van der Waals surface area contributed by atoms with Gasteiger partial charge < -0.3 is 5.32 Å². The number of non-ortho nitro benzene ring substituents is 1. The van der Waals surface area contributed by atoms with Gasteiger partial charge in [0.1, 0.15) is 0 Å². The van der Waals surface area contributed by atoms with Gasteiger partial charge in [-0.05, 0) is 22.8 Å². The van der Waals surface area contributed by atoms with Crippen LogP contribution in [0.15, 0.2) is 48.5 Å². The van der Waals surface area contributed by atoms with E-state index in [9.17, 15) is 10.1 Å². The van der Waals surface area contributed by atoms with E-state index >= 15 is 0 Å². The molecule has 4 heteroatoms. The Morgan fingerprint density at radius 3 is 2.40 bits per heavy atom. The summed E-state index contributed by atoms with van der Waals surface area (Å²) < 4.78 is 0. The van der Waals surface area contributed by atoms with E-state index < -0.39 is 0 Å². The van der Waals surface area contributed by atoms with Crippen LogP contribution in [0.25, 0.3) is 11.1 Å². The molecule has 0 radical (unpaired) electrons. The van der Waals surface area contributed by atoms with Crippen LogP contribution in [0.5, 0.6) is 0 Å². The van der Waals surface area contributed by atoms with Crippen LogP contribution >= 0.6 is 0 Å². The second kappa shape index (κ2) is 6.30. The Morgan fingerprint density at radius 1 is 1.10 bits per heavy atom. The topological polar surface area (TPSA) is 55.2 Å². The molecule has 0 aromatic heterocycles. The summed E-state index contributed by atoms with van der Waals surface area (Å²) in [6.07, 6.45) is 0. The molecule has 0 amide bonds. The van der Waals surface area contributed by atoms with Gasteiger partial charge in [-0.3, -0.25) is 10.1 Å². The molecule has 2 aromatic rings.